The summed E-state index contributed by atoms with van der Waals surface area (Å²) in [5.74, 6) is 2.18. The van der Waals surface area contributed by atoms with Crippen LogP contribution in [0.15, 0.2) is 30.5 Å². The molecule has 8 heteroatoms. The Labute approximate surface area is 176 Å². The second-order valence-corrected chi connectivity index (χ2v) is 7.64. The van der Waals surface area contributed by atoms with Crippen molar-refractivity contribution >= 4 is 11.9 Å². The van der Waals surface area contributed by atoms with Crippen molar-refractivity contribution in [1.29, 1.82) is 0 Å². The maximum absolute atomic E-state index is 12.7. The van der Waals surface area contributed by atoms with Gasteiger partial charge in [0.15, 0.2) is 11.5 Å². The summed E-state index contributed by atoms with van der Waals surface area (Å²) < 4.78 is 16.0. The standard InChI is InChI=1S/C22H28N4O4/c1-28-19-4-3-16(13-20(19)29-2)21(27)24-17-6-10-26(14-17)22-23-9-5-18(25-22)15-7-11-30-12-8-15/h3-5,9,13,15,17H,6-8,10-12,14H2,1-2H3,(H,24,27). The van der Waals surface area contributed by atoms with Gasteiger partial charge in [-0.2, -0.15) is 0 Å². The van der Waals surface area contributed by atoms with Crippen LogP contribution in [0.25, 0.3) is 0 Å². The Morgan fingerprint density at radius 3 is 2.70 bits per heavy atom. The second-order valence-electron chi connectivity index (χ2n) is 7.64. The van der Waals surface area contributed by atoms with Gasteiger partial charge in [0.2, 0.25) is 5.95 Å². The summed E-state index contributed by atoms with van der Waals surface area (Å²) >= 11 is 0. The van der Waals surface area contributed by atoms with Crippen molar-refractivity contribution in [3.8, 4) is 11.5 Å². The third kappa shape index (κ3) is 4.48. The zero-order valence-corrected chi connectivity index (χ0v) is 17.5. The number of benzene rings is 1. The van der Waals surface area contributed by atoms with Crippen LogP contribution in [-0.2, 0) is 4.74 Å². The number of hydrogen-bond donors (Lipinski definition) is 1. The van der Waals surface area contributed by atoms with Crippen LogP contribution in [0.1, 0.15) is 41.2 Å². The van der Waals surface area contributed by atoms with E-state index in [9.17, 15) is 4.79 Å². The lowest BCUT2D eigenvalue weighted by Gasteiger charge is -2.23. The highest BCUT2D eigenvalue weighted by molar-refractivity contribution is 5.95. The van der Waals surface area contributed by atoms with E-state index in [1.165, 1.54) is 0 Å². The minimum atomic E-state index is -0.125. The SMILES string of the molecule is COc1ccc(C(=O)NC2CCN(c3nccc(C4CCOCC4)n3)C2)cc1OC. The van der Waals surface area contributed by atoms with Crippen molar-refractivity contribution in [3.63, 3.8) is 0 Å². The first-order chi connectivity index (χ1) is 14.7. The lowest BCUT2D eigenvalue weighted by atomic mass is 9.96. The highest BCUT2D eigenvalue weighted by atomic mass is 16.5. The first-order valence-electron chi connectivity index (χ1n) is 10.4. The van der Waals surface area contributed by atoms with Crippen molar-refractivity contribution in [1.82, 2.24) is 15.3 Å². The van der Waals surface area contributed by atoms with Gasteiger partial charge in [0.1, 0.15) is 0 Å². The number of carbonyl (C=O) groups is 1. The molecule has 1 unspecified atom stereocenters. The Balaban J connectivity index is 1.38. The van der Waals surface area contributed by atoms with Crippen LogP contribution in [0.5, 0.6) is 11.5 Å². The number of nitrogens with zero attached hydrogens (tertiary/aromatic N) is 3. The summed E-state index contributed by atoms with van der Waals surface area (Å²) in [4.78, 5) is 24.1. The summed E-state index contributed by atoms with van der Waals surface area (Å²) in [6, 6.07) is 7.22. The molecule has 2 fully saturated rings. The quantitative estimate of drug-likeness (QED) is 0.780. The van der Waals surface area contributed by atoms with Crippen molar-refractivity contribution < 1.29 is 19.0 Å². The summed E-state index contributed by atoms with van der Waals surface area (Å²) in [6.07, 6.45) is 4.69. The average molecular weight is 412 g/mol. The van der Waals surface area contributed by atoms with Crippen LogP contribution >= 0.6 is 0 Å². The molecule has 1 atom stereocenters. The van der Waals surface area contributed by atoms with Crippen LogP contribution in [0.2, 0.25) is 0 Å². The van der Waals surface area contributed by atoms with Crippen molar-refractivity contribution in [2.75, 3.05) is 45.4 Å². The molecule has 0 saturated carbocycles. The van der Waals surface area contributed by atoms with E-state index in [0.29, 0.717) is 29.5 Å². The fourth-order valence-electron chi connectivity index (χ4n) is 4.04. The number of rotatable bonds is 6. The Hall–Kier alpha value is -2.87. The molecule has 3 heterocycles. The van der Waals surface area contributed by atoms with Crippen molar-refractivity contribution in [2.45, 2.75) is 31.2 Å². The molecule has 1 amide bonds. The molecule has 0 radical (unpaired) electrons. The molecule has 2 aliphatic rings. The lowest BCUT2D eigenvalue weighted by molar-refractivity contribution is 0.0845. The van der Waals surface area contributed by atoms with Gasteiger partial charge in [-0.1, -0.05) is 0 Å². The number of aromatic nitrogens is 2. The zero-order chi connectivity index (χ0) is 20.9. The number of anilines is 1. The summed E-state index contributed by atoms with van der Waals surface area (Å²) in [5, 5.41) is 3.11. The highest BCUT2D eigenvalue weighted by Gasteiger charge is 2.27. The molecular formula is C22H28N4O4. The molecule has 30 heavy (non-hydrogen) atoms. The lowest BCUT2D eigenvalue weighted by Crippen LogP contribution is -2.37. The second kappa shape index (κ2) is 9.30. The maximum Gasteiger partial charge on any atom is 0.251 e. The van der Waals surface area contributed by atoms with E-state index in [-0.39, 0.29) is 11.9 Å². The van der Waals surface area contributed by atoms with E-state index >= 15 is 0 Å². The first-order valence-corrected chi connectivity index (χ1v) is 10.4. The molecule has 0 spiro atoms. The number of ether oxygens (including phenoxy) is 3. The number of carbonyl (C=O) groups excluding carboxylic acids is 1. The van der Waals surface area contributed by atoms with Crippen LogP contribution in [0, 0.1) is 0 Å². The van der Waals surface area contributed by atoms with Gasteiger partial charge in [-0.05, 0) is 43.5 Å². The Morgan fingerprint density at radius 2 is 1.93 bits per heavy atom. The largest absolute Gasteiger partial charge is 0.493 e. The molecule has 4 rings (SSSR count). The zero-order valence-electron chi connectivity index (χ0n) is 17.5. The van der Waals surface area contributed by atoms with E-state index in [2.05, 4.69) is 15.2 Å². The molecule has 2 saturated heterocycles. The van der Waals surface area contributed by atoms with Gasteiger partial charge >= 0.3 is 0 Å². The minimum Gasteiger partial charge on any atom is -0.493 e. The van der Waals surface area contributed by atoms with Gasteiger partial charge < -0.3 is 24.4 Å². The third-order valence-corrected chi connectivity index (χ3v) is 5.76. The van der Waals surface area contributed by atoms with Gasteiger partial charge in [-0.25, -0.2) is 9.97 Å². The van der Waals surface area contributed by atoms with Gasteiger partial charge in [-0.15, -0.1) is 0 Å². The minimum absolute atomic E-state index is 0.0425. The molecule has 1 aromatic carbocycles. The Kier molecular flexibility index (Phi) is 6.32. The number of nitrogens with one attached hydrogen (secondary N) is 1. The van der Waals surface area contributed by atoms with E-state index in [4.69, 9.17) is 19.2 Å². The summed E-state index contributed by atoms with van der Waals surface area (Å²) in [6.45, 7) is 3.08. The maximum atomic E-state index is 12.7. The average Bonchev–Trinajstić information content (AvgIpc) is 3.27. The molecule has 1 aromatic heterocycles. The summed E-state index contributed by atoms with van der Waals surface area (Å²) in [7, 11) is 3.13. The Bertz CT molecular complexity index is 885. The van der Waals surface area contributed by atoms with Crippen molar-refractivity contribution in [2.24, 2.45) is 0 Å². The molecule has 1 N–H and O–H groups in total. The van der Waals surface area contributed by atoms with E-state index in [1.807, 2.05) is 12.3 Å². The molecule has 8 nitrogen and oxygen atoms in total. The van der Waals surface area contributed by atoms with E-state index < -0.39 is 0 Å². The number of methoxy groups -OCH3 is 2. The molecule has 0 bridgehead atoms. The molecule has 2 aliphatic heterocycles. The highest BCUT2D eigenvalue weighted by Crippen LogP contribution is 2.28. The van der Waals surface area contributed by atoms with E-state index in [1.54, 1.807) is 32.4 Å². The fourth-order valence-corrected chi connectivity index (χ4v) is 4.04. The monoisotopic (exact) mass is 412 g/mol. The predicted molar refractivity (Wildman–Crippen MR) is 112 cm³/mol. The summed E-state index contributed by atoms with van der Waals surface area (Å²) in [5.41, 5.74) is 1.63. The van der Waals surface area contributed by atoms with Gasteiger partial charge in [0.05, 0.1) is 14.2 Å². The fraction of sp³-hybridized carbons (Fsp3) is 0.500. The van der Waals surface area contributed by atoms with Crippen LogP contribution < -0.4 is 19.7 Å². The molecular weight excluding hydrogens is 384 g/mol. The smallest absolute Gasteiger partial charge is 0.251 e. The van der Waals surface area contributed by atoms with Crippen LogP contribution in [-0.4, -0.2) is 62.4 Å². The third-order valence-electron chi connectivity index (χ3n) is 5.76. The van der Waals surface area contributed by atoms with Crippen LogP contribution in [0.3, 0.4) is 0 Å². The topological polar surface area (TPSA) is 85.8 Å². The Morgan fingerprint density at radius 1 is 1.13 bits per heavy atom. The first kappa shape index (κ1) is 20.4. The molecule has 0 aliphatic carbocycles. The van der Waals surface area contributed by atoms with Crippen LogP contribution in [0.4, 0.5) is 5.95 Å². The van der Waals surface area contributed by atoms with Gasteiger partial charge in [-0.3, -0.25) is 4.79 Å². The number of hydrogen-bond acceptors (Lipinski definition) is 7. The van der Waals surface area contributed by atoms with Gasteiger partial charge in [0, 0.05) is 55.7 Å². The van der Waals surface area contributed by atoms with Gasteiger partial charge in [0.25, 0.3) is 5.91 Å². The normalized spacial score (nSPS) is 19.5. The number of amides is 1. The van der Waals surface area contributed by atoms with Crippen molar-refractivity contribution in [3.05, 3.63) is 41.7 Å². The predicted octanol–water partition coefficient (Wildman–Crippen LogP) is 2.40. The van der Waals surface area contributed by atoms with E-state index in [0.717, 1.165) is 50.7 Å². The molecule has 2 aromatic rings. The molecule has 160 valence electrons.